The van der Waals surface area contributed by atoms with E-state index in [-0.39, 0.29) is 0 Å². The van der Waals surface area contributed by atoms with E-state index in [2.05, 4.69) is 5.32 Å². The van der Waals surface area contributed by atoms with Gasteiger partial charge in [0.15, 0.2) is 0 Å². The van der Waals surface area contributed by atoms with Crippen molar-refractivity contribution in [2.24, 2.45) is 0 Å². The zero-order chi connectivity index (χ0) is 12.3. The van der Waals surface area contributed by atoms with E-state index in [9.17, 15) is 0 Å². The second kappa shape index (κ2) is 4.97. The summed E-state index contributed by atoms with van der Waals surface area (Å²) in [4.78, 5) is 0. The van der Waals surface area contributed by atoms with Crippen molar-refractivity contribution in [1.29, 1.82) is 0 Å². The summed E-state index contributed by atoms with van der Waals surface area (Å²) in [7, 11) is 1.59. The number of nitrogen functional groups attached to an aromatic ring is 1. The van der Waals surface area contributed by atoms with Crippen LogP contribution < -0.4 is 15.8 Å². The van der Waals surface area contributed by atoms with Gasteiger partial charge in [0.1, 0.15) is 5.75 Å². The molecular weight excluding hydrogens is 236 g/mol. The molecule has 4 heteroatoms. The van der Waals surface area contributed by atoms with Crippen LogP contribution in [0.15, 0.2) is 42.5 Å². The van der Waals surface area contributed by atoms with Gasteiger partial charge in [-0.15, -0.1) is 0 Å². The molecule has 17 heavy (non-hydrogen) atoms. The van der Waals surface area contributed by atoms with Gasteiger partial charge in [-0.25, -0.2) is 0 Å². The molecule has 88 valence electrons. The first-order valence-electron chi connectivity index (χ1n) is 5.15. The summed E-state index contributed by atoms with van der Waals surface area (Å²) in [6.45, 7) is 0. The third-order valence-electron chi connectivity index (χ3n) is 2.33. The molecule has 3 N–H and O–H groups in total. The molecular formula is C13H13ClN2O. The van der Waals surface area contributed by atoms with Gasteiger partial charge in [-0.1, -0.05) is 17.7 Å². The number of hydrogen-bond donors (Lipinski definition) is 2. The Labute approximate surface area is 105 Å². The number of benzene rings is 2. The molecule has 0 aromatic heterocycles. The molecule has 2 aromatic carbocycles. The van der Waals surface area contributed by atoms with Gasteiger partial charge in [-0.3, -0.25) is 0 Å². The number of nitrogens with two attached hydrogens (primary N) is 1. The Kier molecular flexibility index (Phi) is 3.40. The number of nitrogens with one attached hydrogen (secondary N) is 1. The summed E-state index contributed by atoms with van der Waals surface area (Å²) < 4.78 is 5.15. The summed E-state index contributed by atoms with van der Waals surface area (Å²) >= 11 is 5.95. The molecule has 2 rings (SSSR count). The van der Waals surface area contributed by atoms with Gasteiger partial charge < -0.3 is 15.8 Å². The average molecular weight is 249 g/mol. The number of hydrogen-bond acceptors (Lipinski definition) is 3. The third kappa shape index (κ3) is 2.82. The Morgan fingerprint density at radius 3 is 2.59 bits per heavy atom. The molecule has 0 fully saturated rings. The second-order valence-corrected chi connectivity index (χ2v) is 4.01. The highest BCUT2D eigenvalue weighted by Gasteiger charge is 2.02. The van der Waals surface area contributed by atoms with Crippen LogP contribution in [0.4, 0.5) is 17.1 Å². The predicted molar refractivity (Wildman–Crippen MR) is 72.1 cm³/mol. The van der Waals surface area contributed by atoms with E-state index in [1.807, 2.05) is 36.4 Å². The first-order valence-corrected chi connectivity index (χ1v) is 5.53. The smallest absolute Gasteiger partial charge is 0.139 e. The molecule has 0 heterocycles. The van der Waals surface area contributed by atoms with Crippen LogP contribution in [0.3, 0.4) is 0 Å². The SMILES string of the molecule is COc1cc(Nc2cccc(N)c2)ccc1Cl. The van der Waals surface area contributed by atoms with Crippen LogP contribution >= 0.6 is 11.6 Å². The van der Waals surface area contributed by atoms with Crippen molar-refractivity contribution in [3.05, 3.63) is 47.5 Å². The lowest BCUT2D eigenvalue weighted by atomic mass is 10.2. The minimum absolute atomic E-state index is 0.589. The van der Waals surface area contributed by atoms with Crippen LogP contribution in [0.2, 0.25) is 5.02 Å². The first-order chi connectivity index (χ1) is 8.19. The molecule has 0 amide bonds. The predicted octanol–water partition coefficient (Wildman–Crippen LogP) is 3.67. The number of halogens is 1. The Balaban J connectivity index is 2.24. The lowest BCUT2D eigenvalue weighted by molar-refractivity contribution is 0.415. The Morgan fingerprint density at radius 1 is 1.12 bits per heavy atom. The molecule has 0 bridgehead atoms. The van der Waals surface area contributed by atoms with Crippen molar-refractivity contribution < 1.29 is 4.74 Å². The van der Waals surface area contributed by atoms with Crippen molar-refractivity contribution in [2.45, 2.75) is 0 Å². The molecule has 0 spiro atoms. The summed E-state index contributed by atoms with van der Waals surface area (Å²) in [6.07, 6.45) is 0. The molecule has 0 unspecified atom stereocenters. The maximum absolute atomic E-state index is 5.95. The number of methoxy groups -OCH3 is 1. The highest BCUT2D eigenvalue weighted by molar-refractivity contribution is 6.32. The lowest BCUT2D eigenvalue weighted by Crippen LogP contribution is -1.93. The van der Waals surface area contributed by atoms with Gasteiger partial charge >= 0.3 is 0 Å². The fraction of sp³-hybridized carbons (Fsp3) is 0.0769. The number of rotatable bonds is 3. The maximum atomic E-state index is 5.95. The average Bonchev–Trinajstić information content (AvgIpc) is 2.32. The first kappa shape index (κ1) is 11.6. The molecule has 0 saturated carbocycles. The molecule has 0 aliphatic carbocycles. The zero-order valence-electron chi connectivity index (χ0n) is 9.41. The van der Waals surface area contributed by atoms with Crippen molar-refractivity contribution in [2.75, 3.05) is 18.2 Å². The minimum atomic E-state index is 0.589. The lowest BCUT2D eigenvalue weighted by Gasteiger charge is -2.09. The van der Waals surface area contributed by atoms with E-state index in [0.717, 1.165) is 17.1 Å². The van der Waals surface area contributed by atoms with Crippen molar-refractivity contribution in [3.63, 3.8) is 0 Å². The van der Waals surface area contributed by atoms with Crippen molar-refractivity contribution in [1.82, 2.24) is 0 Å². The van der Waals surface area contributed by atoms with Crippen LogP contribution in [-0.4, -0.2) is 7.11 Å². The van der Waals surface area contributed by atoms with E-state index < -0.39 is 0 Å². The summed E-state index contributed by atoms with van der Waals surface area (Å²) in [5.41, 5.74) is 8.25. The Hall–Kier alpha value is -1.87. The fourth-order valence-electron chi connectivity index (χ4n) is 1.52. The van der Waals surface area contributed by atoms with Gasteiger partial charge in [0.25, 0.3) is 0 Å². The molecule has 0 atom stereocenters. The summed E-state index contributed by atoms with van der Waals surface area (Å²) in [5, 5.41) is 3.82. The van der Waals surface area contributed by atoms with E-state index in [1.165, 1.54) is 0 Å². The molecule has 0 aliphatic rings. The van der Waals surface area contributed by atoms with Crippen LogP contribution in [-0.2, 0) is 0 Å². The number of anilines is 3. The van der Waals surface area contributed by atoms with Crippen LogP contribution in [0.1, 0.15) is 0 Å². The van der Waals surface area contributed by atoms with Crippen LogP contribution in [0.25, 0.3) is 0 Å². The molecule has 0 radical (unpaired) electrons. The van der Waals surface area contributed by atoms with Gasteiger partial charge in [0.2, 0.25) is 0 Å². The van der Waals surface area contributed by atoms with E-state index in [1.54, 1.807) is 13.2 Å². The highest BCUT2D eigenvalue weighted by Crippen LogP contribution is 2.29. The topological polar surface area (TPSA) is 47.3 Å². The Morgan fingerprint density at radius 2 is 1.88 bits per heavy atom. The highest BCUT2D eigenvalue weighted by atomic mass is 35.5. The van der Waals surface area contributed by atoms with Crippen LogP contribution in [0.5, 0.6) is 5.75 Å². The zero-order valence-corrected chi connectivity index (χ0v) is 10.2. The monoisotopic (exact) mass is 248 g/mol. The molecule has 0 aliphatic heterocycles. The van der Waals surface area contributed by atoms with Crippen LogP contribution in [0, 0.1) is 0 Å². The second-order valence-electron chi connectivity index (χ2n) is 3.60. The number of ether oxygens (including phenoxy) is 1. The maximum Gasteiger partial charge on any atom is 0.139 e. The third-order valence-corrected chi connectivity index (χ3v) is 2.64. The van der Waals surface area contributed by atoms with Gasteiger partial charge in [-0.2, -0.15) is 0 Å². The standard InChI is InChI=1S/C13H13ClN2O/c1-17-13-8-11(5-6-12(13)14)16-10-4-2-3-9(15)7-10/h2-8,16H,15H2,1H3. The van der Waals surface area contributed by atoms with E-state index in [4.69, 9.17) is 22.1 Å². The van der Waals surface area contributed by atoms with Gasteiger partial charge in [-0.05, 0) is 30.3 Å². The van der Waals surface area contributed by atoms with Gasteiger partial charge in [0, 0.05) is 23.1 Å². The summed E-state index contributed by atoms with van der Waals surface area (Å²) in [5.74, 6) is 0.639. The van der Waals surface area contributed by atoms with Crippen molar-refractivity contribution >= 4 is 28.7 Å². The quantitative estimate of drug-likeness (QED) is 0.815. The molecule has 3 nitrogen and oxygen atoms in total. The normalized spacial score (nSPS) is 10.0. The van der Waals surface area contributed by atoms with Crippen molar-refractivity contribution in [3.8, 4) is 5.75 Å². The minimum Gasteiger partial charge on any atom is -0.495 e. The molecule has 2 aromatic rings. The van der Waals surface area contributed by atoms with E-state index >= 15 is 0 Å². The van der Waals surface area contributed by atoms with Gasteiger partial charge in [0.05, 0.1) is 12.1 Å². The fourth-order valence-corrected chi connectivity index (χ4v) is 1.72. The van der Waals surface area contributed by atoms with E-state index in [0.29, 0.717) is 10.8 Å². The Bertz CT molecular complexity index is 529. The molecule has 0 saturated heterocycles. The largest absolute Gasteiger partial charge is 0.495 e. The summed E-state index contributed by atoms with van der Waals surface area (Å²) in [6, 6.07) is 13.0.